The molecule has 6 nitrogen and oxygen atoms in total. The normalized spacial score (nSPS) is 10.2. The zero-order valence-electron chi connectivity index (χ0n) is 10.2. The van der Waals surface area contributed by atoms with Gasteiger partial charge < -0.3 is 11.1 Å². The Morgan fingerprint density at radius 1 is 1.19 bits per heavy atom. The maximum atomic E-state index is 13.6. The second kappa shape index (κ2) is 5.80. The van der Waals surface area contributed by atoms with Crippen molar-refractivity contribution in [3.8, 4) is 0 Å². The first-order chi connectivity index (χ1) is 9.88. The van der Waals surface area contributed by atoms with E-state index in [1.807, 2.05) is 0 Å². The van der Waals surface area contributed by atoms with Gasteiger partial charge in [-0.05, 0) is 6.07 Å². The zero-order valence-corrected chi connectivity index (χ0v) is 11.0. The molecule has 0 fully saturated rings. The van der Waals surface area contributed by atoms with Gasteiger partial charge in [0.2, 0.25) is 0 Å². The average molecular weight is 313 g/mol. The number of halogens is 3. The molecule has 2 amide bonds. The van der Waals surface area contributed by atoms with E-state index in [-0.39, 0.29) is 10.8 Å². The van der Waals surface area contributed by atoms with Crippen molar-refractivity contribution >= 4 is 29.1 Å². The molecule has 3 N–H and O–H groups in total. The largest absolute Gasteiger partial charge is 0.366 e. The van der Waals surface area contributed by atoms with Crippen molar-refractivity contribution in [2.75, 3.05) is 5.32 Å². The lowest BCUT2D eigenvalue weighted by Crippen LogP contribution is -2.18. The van der Waals surface area contributed by atoms with Crippen molar-refractivity contribution in [3.63, 3.8) is 0 Å². The summed E-state index contributed by atoms with van der Waals surface area (Å²) in [4.78, 5) is 30.2. The molecule has 0 spiro atoms. The predicted molar refractivity (Wildman–Crippen MR) is 69.9 cm³/mol. The minimum absolute atomic E-state index is 0.0277. The number of primary amides is 1. The number of nitrogens with two attached hydrogens (primary N) is 1. The lowest BCUT2D eigenvalue weighted by atomic mass is 10.1. The number of benzene rings is 1. The maximum Gasteiger partial charge on any atom is 0.276 e. The number of carbonyl (C=O) groups is 2. The van der Waals surface area contributed by atoms with Crippen LogP contribution in [-0.2, 0) is 0 Å². The third-order valence-electron chi connectivity index (χ3n) is 2.41. The smallest absolute Gasteiger partial charge is 0.276 e. The number of nitrogens with one attached hydrogen (secondary N) is 1. The summed E-state index contributed by atoms with van der Waals surface area (Å²) in [6.45, 7) is 0. The van der Waals surface area contributed by atoms with E-state index in [1.54, 1.807) is 0 Å². The molecule has 2 rings (SSSR count). The molecule has 1 heterocycles. The van der Waals surface area contributed by atoms with Gasteiger partial charge in [0.05, 0.1) is 23.6 Å². The van der Waals surface area contributed by atoms with Gasteiger partial charge in [0.1, 0.15) is 22.5 Å². The highest BCUT2D eigenvalue weighted by Gasteiger charge is 2.17. The lowest BCUT2D eigenvalue weighted by Gasteiger charge is -2.08. The summed E-state index contributed by atoms with van der Waals surface area (Å²) in [5.41, 5.74) is 3.80. The van der Waals surface area contributed by atoms with Crippen LogP contribution < -0.4 is 11.1 Å². The molecule has 0 atom stereocenters. The van der Waals surface area contributed by atoms with Crippen LogP contribution in [0.25, 0.3) is 0 Å². The summed E-state index contributed by atoms with van der Waals surface area (Å²) in [5, 5.41) is 2.10. The molecule has 0 aliphatic carbocycles. The molecule has 0 radical (unpaired) electrons. The molecule has 21 heavy (non-hydrogen) atoms. The first kappa shape index (κ1) is 14.8. The summed E-state index contributed by atoms with van der Waals surface area (Å²) in [6, 6.07) is 1.24. The average Bonchev–Trinajstić information content (AvgIpc) is 2.41. The van der Waals surface area contributed by atoms with E-state index in [0.717, 1.165) is 12.3 Å². The van der Waals surface area contributed by atoms with Crippen LogP contribution in [0.15, 0.2) is 24.5 Å². The molecule has 1 aromatic carbocycles. The summed E-state index contributed by atoms with van der Waals surface area (Å²) in [7, 11) is 0. The van der Waals surface area contributed by atoms with E-state index in [9.17, 15) is 18.4 Å². The van der Waals surface area contributed by atoms with Crippen LogP contribution >= 0.6 is 11.6 Å². The number of nitrogens with zero attached hydrogens (tertiary/aromatic N) is 2. The van der Waals surface area contributed by atoms with Crippen molar-refractivity contribution < 1.29 is 18.4 Å². The van der Waals surface area contributed by atoms with E-state index in [2.05, 4.69) is 15.3 Å². The van der Waals surface area contributed by atoms with Crippen molar-refractivity contribution in [2.24, 2.45) is 5.73 Å². The summed E-state index contributed by atoms with van der Waals surface area (Å²) in [5.74, 6) is -4.11. The standard InChI is InChI=1S/C12H7ClF2N4O2/c13-10-4-17-3-9(18-10)12(21)19-8-1-5(11(16)20)6(14)2-7(8)15/h1-4H,(H2,16,20)(H,19,21). The Hall–Kier alpha value is -2.61. The van der Waals surface area contributed by atoms with Crippen molar-refractivity contribution in [1.29, 1.82) is 0 Å². The second-order valence-corrected chi connectivity index (χ2v) is 4.24. The van der Waals surface area contributed by atoms with Gasteiger partial charge in [0, 0.05) is 6.07 Å². The molecular weight excluding hydrogens is 306 g/mol. The van der Waals surface area contributed by atoms with Crippen LogP contribution in [-0.4, -0.2) is 21.8 Å². The minimum Gasteiger partial charge on any atom is -0.366 e. The molecule has 1 aromatic heterocycles. The zero-order chi connectivity index (χ0) is 15.6. The molecule has 0 bridgehead atoms. The van der Waals surface area contributed by atoms with E-state index < -0.39 is 34.7 Å². The highest BCUT2D eigenvalue weighted by atomic mass is 35.5. The number of rotatable bonds is 3. The van der Waals surface area contributed by atoms with E-state index >= 15 is 0 Å². The number of carbonyl (C=O) groups excluding carboxylic acids is 2. The monoisotopic (exact) mass is 312 g/mol. The van der Waals surface area contributed by atoms with Gasteiger partial charge in [-0.2, -0.15) is 0 Å². The molecule has 9 heteroatoms. The third-order valence-corrected chi connectivity index (χ3v) is 2.59. The maximum absolute atomic E-state index is 13.6. The van der Waals surface area contributed by atoms with Crippen LogP contribution in [0.5, 0.6) is 0 Å². The Labute approximate surface area is 122 Å². The van der Waals surface area contributed by atoms with Gasteiger partial charge in [0.15, 0.2) is 0 Å². The number of hydrogen-bond donors (Lipinski definition) is 2. The quantitative estimate of drug-likeness (QED) is 0.902. The van der Waals surface area contributed by atoms with Gasteiger partial charge in [-0.1, -0.05) is 11.6 Å². The topological polar surface area (TPSA) is 98.0 Å². The van der Waals surface area contributed by atoms with Gasteiger partial charge in [-0.25, -0.2) is 13.8 Å². The van der Waals surface area contributed by atoms with Crippen LogP contribution in [0.1, 0.15) is 20.8 Å². The first-order valence-corrected chi connectivity index (χ1v) is 5.84. The highest BCUT2D eigenvalue weighted by molar-refractivity contribution is 6.29. The van der Waals surface area contributed by atoms with Gasteiger partial charge in [-0.15, -0.1) is 0 Å². The molecule has 0 unspecified atom stereocenters. The Morgan fingerprint density at radius 2 is 1.90 bits per heavy atom. The van der Waals surface area contributed by atoms with E-state index in [0.29, 0.717) is 6.07 Å². The van der Waals surface area contributed by atoms with Gasteiger partial charge in [0.25, 0.3) is 11.8 Å². The molecule has 0 aliphatic heterocycles. The number of aromatic nitrogens is 2. The fraction of sp³-hybridized carbons (Fsp3) is 0. The lowest BCUT2D eigenvalue weighted by molar-refractivity contribution is 0.0991. The van der Waals surface area contributed by atoms with Gasteiger partial charge in [-0.3, -0.25) is 14.6 Å². The van der Waals surface area contributed by atoms with Gasteiger partial charge >= 0.3 is 0 Å². The third kappa shape index (κ3) is 3.29. The predicted octanol–water partition coefficient (Wildman–Crippen LogP) is 1.76. The fourth-order valence-corrected chi connectivity index (χ4v) is 1.62. The molecule has 0 aliphatic rings. The van der Waals surface area contributed by atoms with Crippen LogP contribution in [0.4, 0.5) is 14.5 Å². The van der Waals surface area contributed by atoms with Crippen molar-refractivity contribution in [1.82, 2.24) is 9.97 Å². The van der Waals surface area contributed by atoms with Crippen LogP contribution in [0.2, 0.25) is 5.15 Å². The Balaban J connectivity index is 2.33. The molecule has 0 saturated heterocycles. The van der Waals surface area contributed by atoms with Crippen LogP contribution in [0.3, 0.4) is 0 Å². The summed E-state index contributed by atoms with van der Waals surface area (Å²) in [6.07, 6.45) is 2.32. The van der Waals surface area contributed by atoms with Crippen molar-refractivity contribution in [2.45, 2.75) is 0 Å². The molecule has 0 saturated carbocycles. The minimum atomic E-state index is -1.12. The Bertz CT molecular complexity index is 739. The Kier molecular flexibility index (Phi) is 4.08. The van der Waals surface area contributed by atoms with E-state index in [4.69, 9.17) is 17.3 Å². The molecule has 2 aromatic rings. The molecule has 108 valence electrons. The van der Waals surface area contributed by atoms with Crippen LogP contribution in [0, 0.1) is 11.6 Å². The summed E-state index contributed by atoms with van der Waals surface area (Å²) < 4.78 is 26.9. The highest BCUT2D eigenvalue weighted by Crippen LogP contribution is 2.20. The SMILES string of the molecule is NC(=O)c1cc(NC(=O)c2cncc(Cl)n2)c(F)cc1F. The Morgan fingerprint density at radius 3 is 2.52 bits per heavy atom. The fourth-order valence-electron chi connectivity index (χ4n) is 1.47. The number of hydrogen-bond acceptors (Lipinski definition) is 4. The molecular formula is C12H7ClF2N4O2. The number of amides is 2. The first-order valence-electron chi connectivity index (χ1n) is 5.46. The number of anilines is 1. The summed E-state index contributed by atoms with van der Waals surface area (Å²) >= 11 is 5.57. The van der Waals surface area contributed by atoms with E-state index in [1.165, 1.54) is 6.20 Å². The second-order valence-electron chi connectivity index (χ2n) is 3.86. The van der Waals surface area contributed by atoms with Crippen molar-refractivity contribution in [3.05, 3.63) is 52.6 Å².